The molecule has 0 radical (unpaired) electrons. The van der Waals surface area contributed by atoms with Gasteiger partial charge in [0.05, 0.1) is 0 Å². The van der Waals surface area contributed by atoms with Gasteiger partial charge in [-0.05, 0) is 12.1 Å². The molecule has 13 heteroatoms. The second kappa shape index (κ2) is 6.25. The summed E-state index contributed by atoms with van der Waals surface area (Å²) in [5.74, 6) is -2.95. The quantitative estimate of drug-likeness (QED) is 0.695. The summed E-state index contributed by atoms with van der Waals surface area (Å²) < 4.78 is 67.3. The minimum absolute atomic E-state index is 0.0345. The van der Waals surface area contributed by atoms with Crippen LogP contribution in [0.25, 0.3) is 11.4 Å². The Morgan fingerprint density at radius 1 is 1.27 bits per heavy atom. The minimum Gasteiger partial charge on any atom is -0.334 e. The van der Waals surface area contributed by atoms with E-state index in [9.17, 15) is 26.4 Å². The molecule has 2 aromatic heterocycles. The number of rotatable bonds is 4. The van der Waals surface area contributed by atoms with Gasteiger partial charge in [-0.1, -0.05) is 17.3 Å². The molecular formula is C13H8F3N5O4S. The molecule has 2 N–H and O–H groups in total. The molecule has 0 aliphatic rings. The maximum absolute atomic E-state index is 12.5. The molecule has 1 amide bonds. The molecule has 0 unspecified atom stereocenters. The second-order valence-electron chi connectivity index (χ2n) is 4.83. The highest BCUT2D eigenvalue weighted by Crippen LogP contribution is 2.29. The third-order valence-electron chi connectivity index (χ3n) is 3.01. The number of H-pyrrole nitrogens is 1. The van der Waals surface area contributed by atoms with Crippen LogP contribution in [0, 0.1) is 0 Å². The molecule has 0 fully saturated rings. The van der Waals surface area contributed by atoms with E-state index in [2.05, 4.69) is 24.6 Å². The van der Waals surface area contributed by atoms with Gasteiger partial charge in [-0.3, -0.25) is 4.79 Å². The van der Waals surface area contributed by atoms with Crippen molar-refractivity contribution in [3.05, 3.63) is 48.1 Å². The summed E-state index contributed by atoms with van der Waals surface area (Å²) in [6.45, 7) is 0. The molecular weight excluding hydrogens is 379 g/mol. The van der Waals surface area contributed by atoms with Crippen LogP contribution in [-0.4, -0.2) is 34.4 Å². The number of carbonyl (C=O) groups excluding carboxylic acids is 1. The molecule has 136 valence electrons. The van der Waals surface area contributed by atoms with E-state index in [4.69, 9.17) is 0 Å². The third kappa shape index (κ3) is 3.56. The monoisotopic (exact) mass is 387 g/mol. The first-order valence-electron chi connectivity index (χ1n) is 6.75. The molecule has 0 saturated heterocycles. The lowest BCUT2D eigenvalue weighted by Crippen LogP contribution is -2.31. The van der Waals surface area contributed by atoms with E-state index in [1.165, 1.54) is 30.6 Å². The second-order valence-corrected chi connectivity index (χ2v) is 6.43. The lowest BCUT2D eigenvalue weighted by atomic mass is 10.1. The molecule has 0 aliphatic carbocycles. The molecule has 0 saturated carbocycles. The molecule has 9 nitrogen and oxygen atoms in total. The summed E-state index contributed by atoms with van der Waals surface area (Å²) in [5.41, 5.74) is -0.108. The highest BCUT2D eigenvalue weighted by Gasteiger charge is 2.38. The van der Waals surface area contributed by atoms with Gasteiger partial charge in [0.1, 0.15) is 0 Å². The number of aromatic nitrogens is 4. The van der Waals surface area contributed by atoms with Crippen molar-refractivity contribution in [2.75, 3.05) is 0 Å². The normalized spacial score (nSPS) is 12.1. The van der Waals surface area contributed by atoms with Crippen molar-refractivity contribution in [3.63, 3.8) is 0 Å². The topological polar surface area (TPSA) is 131 Å². The average Bonchev–Trinajstić information content (AvgIpc) is 3.26. The first kappa shape index (κ1) is 17.6. The van der Waals surface area contributed by atoms with Crippen molar-refractivity contribution in [3.8, 4) is 11.4 Å². The van der Waals surface area contributed by atoms with Gasteiger partial charge in [-0.2, -0.15) is 26.6 Å². The van der Waals surface area contributed by atoms with Crippen molar-refractivity contribution in [2.24, 2.45) is 0 Å². The van der Waals surface area contributed by atoms with Gasteiger partial charge in [-0.15, -0.1) is 0 Å². The maximum atomic E-state index is 12.5. The van der Waals surface area contributed by atoms with Crippen LogP contribution in [0.3, 0.4) is 0 Å². The van der Waals surface area contributed by atoms with E-state index >= 15 is 0 Å². The van der Waals surface area contributed by atoms with Gasteiger partial charge >= 0.3 is 12.1 Å². The van der Waals surface area contributed by atoms with Crippen LogP contribution >= 0.6 is 0 Å². The number of imidazole rings is 1. The van der Waals surface area contributed by atoms with Gasteiger partial charge in [0.25, 0.3) is 15.9 Å². The van der Waals surface area contributed by atoms with E-state index in [-0.39, 0.29) is 11.1 Å². The number of sulfonamides is 1. The fourth-order valence-corrected chi connectivity index (χ4v) is 2.76. The molecule has 26 heavy (non-hydrogen) atoms. The number of nitrogens with one attached hydrogen (secondary N) is 2. The highest BCUT2D eigenvalue weighted by atomic mass is 32.2. The Kier molecular flexibility index (Phi) is 4.23. The van der Waals surface area contributed by atoms with Crippen molar-refractivity contribution >= 4 is 15.9 Å². The van der Waals surface area contributed by atoms with E-state index < -0.39 is 39.0 Å². The van der Waals surface area contributed by atoms with E-state index in [0.717, 1.165) is 6.07 Å². The molecule has 3 rings (SSSR count). The number of hydrogen-bond acceptors (Lipinski definition) is 7. The van der Waals surface area contributed by atoms with Gasteiger partial charge in [0, 0.05) is 23.5 Å². The van der Waals surface area contributed by atoms with Gasteiger partial charge in [-0.25, -0.2) is 9.71 Å². The lowest BCUT2D eigenvalue weighted by molar-refractivity contribution is -0.159. The van der Waals surface area contributed by atoms with E-state index in [0.29, 0.717) is 0 Å². The highest BCUT2D eigenvalue weighted by molar-refractivity contribution is 7.89. The van der Waals surface area contributed by atoms with Crippen molar-refractivity contribution in [1.29, 1.82) is 0 Å². The molecule has 0 bridgehead atoms. The lowest BCUT2D eigenvalue weighted by Gasteiger charge is -2.05. The third-order valence-corrected chi connectivity index (χ3v) is 4.19. The number of benzene rings is 1. The molecule has 1 aromatic carbocycles. The standard InChI is InChI=1S/C13H8F3N5O4S/c14-13(15,16)11-19-9(20-25-11)7-2-1-3-8(6-7)10(22)21-26(23,24)12-17-4-5-18-12/h1-6H,(H,17,18)(H,21,22). The summed E-state index contributed by atoms with van der Waals surface area (Å²) in [6.07, 6.45) is -2.36. The Morgan fingerprint density at radius 3 is 2.65 bits per heavy atom. The fourth-order valence-electron chi connectivity index (χ4n) is 1.88. The van der Waals surface area contributed by atoms with E-state index in [1.54, 1.807) is 4.72 Å². The van der Waals surface area contributed by atoms with Crippen LogP contribution in [0.5, 0.6) is 0 Å². The van der Waals surface area contributed by atoms with Crippen LogP contribution in [0.2, 0.25) is 0 Å². The maximum Gasteiger partial charge on any atom is 0.471 e. The Hall–Kier alpha value is -3.22. The Morgan fingerprint density at radius 2 is 2.04 bits per heavy atom. The largest absolute Gasteiger partial charge is 0.471 e. The van der Waals surface area contributed by atoms with Crippen LogP contribution in [0.15, 0.2) is 46.3 Å². The predicted octanol–water partition coefficient (Wildman–Crippen LogP) is 1.60. The zero-order valence-electron chi connectivity index (χ0n) is 12.5. The Bertz CT molecular complexity index is 1040. The number of alkyl halides is 3. The van der Waals surface area contributed by atoms with Crippen LogP contribution in [0.4, 0.5) is 13.2 Å². The SMILES string of the molecule is O=C(NS(=O)(=O)c1ncc[nH]1)c1cccc(-c2noc(C(F)(F)F)n2)c1. The van der Waals surface area contributed by atoms with Crippen LogP contribution < -0.4 is 4.72 Å². The van der Waals surface area contributed by atoms with Gasteiger partial charge in [0.15, 0.2) is 0 Å². The molecule has 3 aromatic rings. The summed E-state index contributed by atoms with van der Waals surface area (Å²) in [6, 6.07) is 5.05. The Labute approximate surface area is 143 Å². The summed E-state index contributed by atoms with van der Waals surface area (Å²) in [7, 11) is -4.22. The number of hydrogen-bond donors (Lipinski definition) is 2. The van der Waals surface area contributed by atoms with Crippen molar-refractivity contribution in [1.82, 2.24) is 24.8 Å². The summed E-state index contributed by atoms with van der Waals surface area (Å²) in [4.78, 5) is 21.2. The zero-order valence-corrected chi connectivity index (χ0v) is 13.3. The number of aromatic amines is 1. The smallest absolute Gasteiger partial charge is 0.334 e. The molecule has 2 heterocycles. The number of halogens is 3. The summed E-state index contributed by atoms with van der Waals surface area (Å²) in [5, 5.41) is 2.73. The van der Waals surface area contributed by atoms with E-state index in [1.807, 2.05) is 0 Å². The van der Waals surface area contributed by atoms with Gasteiger partial charge in [0.2, 0.25) is 11.0 Å². The number of amides is 1. The molecule has 0 aliphatic heterocycles. The first-order valence-corrected chi connectivity index (χ1v) is 8.23. The molecule has 0 spiro atoms. The Balaban J connectivity index is 1.85. The predicted molar refractivity (Wildman–Crippen MR) is 78.0 cm³/mol. The average molecular weight is 387 g/mol. The van der Waals surface area contributed by atoms with Crippen molar-refractivity contribution in [2.45, 2.75) is 11.3 Å². The van der Waals surface area contributed by atoms with Crippen molar-refractivity contribution < 1.29 is 30.9 Å². The van der Waals surface area contributed by atoms with Gasteiger partial charge < -0.3 is 9.51 Å². The summed E-state index contributed by atoms with van der Waals surface area (Å²) >= 11 is 0. The molecule has 0 atom stereocenters. The van der Waals surface area contributed by atoms with Crippen LogP contribution in [-0.2, 0) is 16.2 Å². The van der Waals surface area contributed by atoms with Crippen LogP contribution in [0.1, 0.15) is 16.2 Å². The first-order chi connectivity index (χ1) is 12.2. The number of carbonyl (C=O) groups is 1. The minimum atomic E-state index is -4.81. The zero-order chi connectivity index (χ0) is 18.9. The fraction of sp³-hybridized carbons (Fsp3) is 0.0769. The number of nitrogens with zero attached hydrogens (tertiary/aromatic N) is 3.